The van der Waals surface area contributed by atoms with E-state index in [2.05, 4.69) is 119 Å². The van der Waals surface area contributed by atoms with Crippen LogP contribution in [0, 0.1) is 18.3 Å². The van der Waals surface area contributed by atoms with Crippen LogP contribution >= 0.6 is 0 Å². The minimum absolute atomic E-state index is 0.0299. The lowest BCUT2D eigenvalue weighted by Gasteiger charge is -2.32. The summed E-state index contributed by atoms with van der Waals surface area (Å²) in [4.78, 5) is 0. The fourth-order valence-corrected chi connectivity index (χ4v) is 4.78. The molecule has 0 bridgehead atoms. The molecule has 0 nitrogen and oxygen atoms in total. The van der Waals surface area contributed by atoms with E-state index in [0.29, 0.717) is 5.92 Å². The summed E-state index contributed by atoms with van der Waals surface area (Å²) in [6.45, 7) is 9.16. The highest BCUT2D eigenvalue weighted by atomic mass is 14.3. The van der Waals surface area contributed by atoms with Crippen molar-refractivity contribution in [3.63, 3.8) is 0 Å². The summed E-state index contributed by atoms with van der Waals surface area (Å²) in [5.41, 5.74) is 9.58. The lowest BCUT2D eigenvalue weighted by molar-refractivity contribution is 0.518. The molecular formula is C30H32. The van der Waals surface area contributed by atoms with E-state index in [4.69, 9.17) is 0 Å². The van der Waals surface area contributed by atoms with Gasteiger partial charge in [-0.05, 0) is 66.2 Å². The molecule has 4 rings (SSSR count). The number of hydrogen-bond donors (Lipinski definition) is 0. The fraction of sp³-hybridized carbons (Fsp3) is 0.267. The van der Waals surface area contributed by atoms with Crippen molar-refractivity contribution in [1.29, 1.82) is 0 Å². The first-order valence-electron chi connectivity index (χ1n) is 11.1. The average Bonchev–Trinajstić information content (AvgIpc) is 2.92. The molecule has 2 unspecified atom stereocenters. The predicted octanol–water partition coefficient (Wildman–Crippen LogP) is 8.34. The van der Waals surface area contributed by atoms with Crippen molar-refractivity contribution in [2.24, 2.45) is 11.3 Å². The summed E-state index contributed by atoms with van der Waals surface area (Å²) in [6.07, 6.45) is 16.2. The zero-order valence-corrected chi connectivity index (χ0v) is 18.7. The molecule has 0 aromatic heterocycles. The van der Waals surface area contributed by atoms with Crippen molar-refractivity contribution >= 4 is 11.1 Å². The fourth-order valence-electron chi connectivity index (χ4n) is 4.78. The quantitative estimate of drug-likeness (QED) is 0.490. The van der Waals surface area contributed by atoms with Crippen LogP contribution in [-0.4, -0.2) is 0 Å². The Bertz CT molecular complexity index is 1050. The molecule has 0 heteroatoms. The van der Waals surface area contributed by atoms with E-state index in [9.17, 15) is 0 Å². The summed E-state index contributed by atoms with van der Waals surface area (Å²) in [6, 6.07) is 19.9. The van der Waals surface area contributed by atoms with Gasteiger partial charge >= 0.3 is 0 Å². The van der Waals surface area contributed by atoms with E-state index in [1.807, 2.05) is 0 Å². The van der Waals surface area contributed by atoms with Gasteiger partial charge in [-0.25, -0.2) is 0 Å². The van der Waals surface area contributed by atoms with Crippen molar-refractivity contribution in [3.8, 4) is 0 Å². The van der Waals surface area contributed by atoms with Crippen LogP contribution in [0.25, 0.3) is 11.1 Å². The third-order valence-corrected chi connectivity index (χ3v) is 6.65. The highest BCUT2D eigenvalue weighted by Gasteiger charge is 2.31. The van der Waals surface area contributed by atoms with Crippen molar-refractivity contribution in [3.05, 3.63) is 119 Å². The van der Waals surface area contributed by atoms with Crippen LogP contribution in [0.3, 0.4) is 0 Å². The second-order valence-electron chi connectivity index (χ2n) is 8.87. The third-order valence-electron chi connectivity index (χ3n) is 6.65. The van der Waals surface area contributed by atoms with E-state index in [1.54, 1.807) is 0 Å². The largest absolute Gasteiger partial charge is 0.0834 e. The molecule has 0 heterocycles. The van der Waals surface area contributed by atoms with E-state index in [1.165, 1.54) is 39.0 Å². The van der Waals surface area contributed by atoms with Gasteiger partial charge in [-0.1, -0.05) is 104 Å². The molecule has 2 aromatic rings. The Morgan fingerprint density at radius 3 is 2.27 bits per heavy atom. The third kappa shape index (κ3) is 3.92. The van der Waals surface area contributed by atoms with Crippen LogP contribution < -0.4 is 0 Å². The van der Waals surface area contributed by atoms with Gasteiger partial charge in [-0.3, -0.25) is 0 Å². The molecule has 0 amide bonds. The number of rotatable bonds is 4. The van der Waals surface area contributed by atoms with Crippen LogP contribution in [0.2, 0.25) is 0 Å². The van der Waals surface area contributed by atoms with Gasteiger partial charge in [0.2, 0.25) is 0 Å². The SMILES string of the molecule is CCC1C=C(C2(C)C=CC=CC2)C(C)=C(c2ccc(C)cc2)C=C1c1ccccc1. The van der Waals surface area contributed by atoms with Crippen LogP contribution in [0.1, 0.15) is 50.3 Å². The monoisotopic (exact) mass is 392 g/mol. The topological polar surface area (TPSA) is 0 Å². The maximum atomic E-state index is 2.55. The van der Waals surface area contributed by atoms with E-state index >= 15 is 0 Å². The lowest BCUT2D eigenvalue weighted by atomic mass is 9.72. The highest BCUT2D eigenvalue weighted by molar-refractivity contribution is 5.90. The van der Waals surface area contributed by atoms with Crippen LogP contribution in [0.4, 0.5) is 0 Å². The van der Waals surface area contributed by atoms with Crippen molar-refractivity contribution in [2.45, 2.75) is 40.5 Å². The normalized spacial score (nSPS) is 23.8. The molecule has 0 aliphatic heterocycles. The van der Waals surface area contributed by atoms with Gasteiger partial charge in [0.15, 0.2) is 0 Å². The van der Waals surface area contributed by atoms with Crippen molar-refractivity contribution in [1.82, 2.24) is 0 Å². The van der Waals surface area contributed by atoms with Gasteiger partial charge in [0.1, 0.15) is 0 Å². The summed E-state index contributed by atoms with van der Waals surface area (Å²) >= 11 is 0. The zero-order chi connectivity index (χ0) is 21.1. The Kier molecular flexibility index (Phi) is 5.77. The standard InChI is InChI=1S/C30H32/c1-5-24-20-29(30(4)18-10-7-11-19-30)23(3)27(26-16-14-22(2)15-17-26)21-28(24)25-12-8-6-9-13-25/h6-18,20-21,24H,5,19H2,1-4H3. The molecule has 0 saturated heterocycles. The molecule has 0 saturated carbocycles. The van der Waals surface area contributed by atoms with Gasteiger partial charge in [0.25, 0.3) is 0 Å². The van der Waals surface area contributed by atoms with Crippen molar-refractivity contribution in [2.75, 3.05) is 0 Å². The molecule has 0 spiro atoms. The maximum Gasteiger partial charge on any atom is 0.0141 e. The molecule has 152 valence electrons. The van der Waals surface area contributed by atoms with Gasteiger partial charge in [0, 0.05) is 11.3 Å². The first kappa shape index (κ1) is 20.4. The van der Waals surface area contributed by atoms with E-state index in [-0.39, 0.29) is 5.41 Å². The molecule has 2 aliphatic rings. The maximum absolute atomic E-state index is 2.55. The Morgan fingerprint density at radius 1 is 0.900 bits per heavy atom. The average molecular weight is 393 g/mol. The summed E-state index contributed by atoms with van der Waals surface area (Å²) in [5.74, 6) is 0.399. The predicted molar refractivity (Wildman–Crippen MR) is 131 cm³/mol. The van der Waals surface area contributed by atoms with Crippen LogP contribution in [0.15, 0.2) is 102 Å². The van der Waals surface area contributed by atoms with Gasteiger partial charge in [-0.2, -0.15) is 0 Å². The molecular weight excluding hydrogens is 360 g/mol. The number of hydrogen-bond acceptors (Lipinski definition) is 0. The zero-order valence-electron chi connectivity index (χ0n) is 18.7. The number of aryl methyl sites for hydroxylation is 1. The minimum atomic E-state index is 0.0299. The van der Waals surface area contributed by atoms with Gasteiger partial charge < -0.3 is 0 Å². The number of benzene rings is 2. The van der Waals surface area contributed by atoms with E-state index < -0.39 is 0 Å². The molecule has 2 aliphatic carbocycles. The first-order valence-corrected chi connectivity index (χ1v) is 11.1. The van der Waals surface area contributed by atoms with Gasteiger partial charge in [0.05, 0.1) is 0 Å². The first-order chi connectivity index (χ1) is 14.5. The van der Waals surface area contributed by atoms with Crippen LogP contribution in [0.5, 0.6) is 0 Å². The van der Waals surface area contributed by atoms with E-state index in [0.717, 1.165) is 12.8 Å². The molecule has 0 N–H and O–H groups in total. The molecule has 30 heavy (non-hydrogen) atoms. The smallest absolute Gasteiger partial charge is 0.0141 e. The molecule has 0 radical (unpaired) electrons. The highest BCUT2D eigenvalue weighted by Crippen LogP contribution is 2.46. The molecule has 2 atom stereocenters. The second-order valence-corrected chi connectivity index (χ2v) is 8.87. The lowest BCUT2D eigenvalue weighted by Crippen LogP contribution is -2.19. The Morgan fingerprint density at radius 2 is 1.63 bits per heavy atom. The second kappa shape index (κ2) is 8.48. The summed E-state index contributed by atoms with van der Waals surface area (Å²) in [5, 5.41) is 0. The Labute approximate surface area is 182 Å². The Hall–Kier alpha value is -2.86. The number of allylic oxidation sites excluding steroid dienone is 10. The molecule has 2 aromatic carbocycles. The minimum Gasteiger partial charge on any atom is -0.0834 e. The molecule has 0 fully saturated rings. The van der Waals surface area contributed by atoms with Crippen LogP contribution in [-0.2, 0) is 0 Å². The Balaban J connectivity index is 1.95. The van der Waals surface area contributed by atoms with Crippen molar-refractivity contribution < 1.29 is 0 Å². The van der Waals surface area contributed by atoms with Gasteiger partial charge in [-0.15, -0.1) is 0 Å². The summed E-state index contributed by atoms with van der Waals surface area (Å²) in [7, 11) is 0. The summed E-state index contributed by atoms with van der Waals surface area (Å²) < 4.78 is 0.